The van der Waals surface area contributed by atoms with E-state index < -0.39 is 0 Å². The predicted molar refractivity (Wildman–Crippen MR) is 82.3 cm³/mol. The van der Waals surface area contributed by atoms with Gasteiger partial charge in [-0.25, -0.2) is 0 Å². The molecule has 0 aliphatic rings. The van der Waals surface area contributed by atoms with Crippen LogP contribution in [-0.2, 0) is 6.54 Å². The maximum absolute atomic E-state index is 5.28. The molecule has 0 aliphatic carbocycles. The van der Waals surface area contributed by atoms with Gasteiger partial charge in [-0.2, -0.15) is 0 Å². The Kier molecular flexibility index (Phi) is 7.69. The van der Waals surface area contributed by atoms with Gasteiger partial charge in [0.2, 0.25) is 0 Å². The lowest BCUT2D eigenvalue weighted by atomic mass is 10.2. The Bertz CT molecular complexity index is 367. The van der Waals surface area contributed by atoms with Gasteiger partial charge in [-0.1, -0.05) is 18.2 Å². The molecule has 1 N–H and O–H groups in total. The molecule has 0 atom stereocenters. The number of methoxy groups -OCH3 is 1. The second-order valence-corrected chi connectivity index (χ2v) is 3.61. The summed E-state index contributed by atoms with van der Waals surface area (Å²) in [5.74, 6) is 1.75. The van der Waals surface area contributed by atoms with Crippen LogP contribution in [0.3, 0.4) is 0 Å². The highest BCUT2D eigenvalue weighted by molar-refractivity contribution is 14.0. The van der Waals surface area contributed by atoms with Crippen LogP contribution in [0.15, 0.2) is 29.3 Å². The molecule has 1 rings (SSSR count). The highest BCUT2D eigenvalue weighted by atomic mass is 127. The maximum atomic E-state index is 5.28. The molecule has 0 saturated carbocycles. The molecular weight excluding hydrogens is 329 g/mol. The van der Waals surface area contributed by atoms with Crippen molar-refractivity contribution in [3.05, 3.63) is 29.8 Å². The molecule has 1 aromatic rings. The summed E-state index contributed by atoms with van der Waals surface area (Å²) in [6.45, 7) is 0.703. The van der Waals surface area contributed by atoms with Gasteiger partial charge in [0.1, 0.15) is 5.75 Å². The summed E-state index contributed by atoms with van der Waals surface area (Å²) in [7, 11) is 7.36. The Hall–Kier alpha value is -0.980. The topological polar surface area (TPSA) is 36.9 Å². The molecule has 0 bridgehead atoms. The van der Waals surface area contributed by atoms with Crippen molar-refractivity contribution in [3.63, 3.8) is 0 Å². The zero-order chi connectivity index (χ0) is 12.0. The Labute approximate surface area is 120 Å². The number of aliphatic imine (C=N–C) groups is 1. The normalized spacial score (nSPS) is 10.5. The fraction of sp³-hybridized carbons (Fsp3) is 0.417. The van der Waals surface area contributed by atoms with Gasteiger partial charge >= 0.3 is 0 Å². The number of rotatable bonds is 3. The van der Waals surface area contributed by atoms with Gasteiger partial charge in [0.25, 0.3) is 0 Å². The molecule has 0 spiro atoms. The van der Waals surface area contributed by atoms with Crippen molar-refractivity contribution >= 4 is 29.9 Å². The Morgan fingerprint density at radius 1 is 1.35 bits per heavy atom. The number of ether oxygens (including phenoxy) is 1. The van der Waals surface area contributed by atoms with E-state index in [9.17, 15) is 0 Å². The van der Waals surface area contributed by atoms with E-state index in [1.807, 2.05) is 43.3 Å². The average molecular weight is 349 g/mol. The van der Waals surface area contributed by atoms with Crippen molar-refractivity contribution in [3.8, 4) is 5.75 Å². The van der Waals surface area contributed by atoms with Crippen LogP contribution < -0.4 is 10.1 Å². The van der Waals surface area contributed by atoms with Crippen molar-refractivity contribution in [2.45, 2.75) is 6.54 Å². The zero-order valence-corrected chi connectivity index (χ0v) is 13.1. The van der Waals surface area contributed by atoms with Crippen LogP contribution in [-0.4, -0.2) is 39.1 Å². The van der Waals surface area contributed by atoms with Crippen LogP contribution >= 0.6 is 24.0 Å². The van der Waals surface area contributed by atoms with E-state index in [0.29, 0.717) is 6.54 Å². The number of benzene rings is 1. The van der Waals surface area contributed by atoms with Gasteiger partial charge < -0.3 is 15.0 Å². The van der Waals surface area contributed by atoms with E-state index in [2.05, 4.69) is 10.3 Å². The third kappa shape index (κ3) is 4.80. The number of nitrogens with zero attached hydrogens (tertiary/aromatic N) is 2. The van der Waals surface area contributed by atoms with Crippen LogP contribution in [0.4, 0.5) is 0 Å². The zero-order valence-electron chi connectivity index (χ0n) is 10.7. The monoisotopic (exact) mass is 349 g/mol. The number of halogens is 1. The fourth-order valence-corrected chi connectivity index (χ4v) is 1.46. The molecule has 0 fully saturated rings. The third-order valence-electron chi connectivity index (χ3n) is 2.26. The standard InChI is InChI=1S/C12H19N3O.HI/c1-13-12(15(2)3)14-9-10-7-5-6-8-11(10)16-4;/h5-8H,9H2,1-4H3,(H,13,14);1H. The number of hydrogen-bond donors (Lipinski definition) is 1. The molecule has 17 heavy (non-hydrogen) atoms. The molecule has 5 heteroatoms. The first-order valence-corrected chi connectivity index (χ1v) is 5.19. The van der Waals surface area contributed by atoms with Gasteiger partial charge in [0, 0.05) is 33.3 Å². The van der Waals surface area contributed by atoms with Crippen LogP contribution in [0.5, 0.6) is 5.75 Å². The summed E-state index contributed by atoms with van der Waals surface area (Å²) in [5.41, 5.74) is 1.12. The lowest BCUT2D eigenvalue weighted by Gasteiger charge is -2.17. The summed E-state index contributed by atoms with van der Waals surface area (Å²) in [5, 5.41) is 3.26. The lowest BCUT2D eigenvalue weighted by molar-refractivity contribution is 0.408. The fourth-order valence-electron chi connectivity index (χ4n) is 1.46. The SMILES string of the molecule is CN=C(NCc1ccccc1OC)N(C)C.I. The van der Waals surface area contributed by atoms with Gasteiger partial charge in [0.15, 0.2) is 5.96 Å². The minimum absolute atomic E-state index is 0. The average Bonchev–Trinajstić information content (AvgIpc) is 2.30. The van der Waals surface area contributed by atoms with E-state index in [1.165, 1.54) is 0 Å². The summed E-state index contributed by atoms with van der Waals surface area (Å²) in [4.78, 5) is 6.09. The van der Waals surface area contributed by atoms with Crippen molar-refractivity contribution in [2.75, 3.05) is 28.3 Å². The Balaban J connectivity index is 0.00000256. The summed E-state index contributed by atoms with van der Waals surface area (Å²) in [6, 6.07) is 7.95. The van der Waals surface area contributed by atoms with Crippen LogP contribution in [0.25, 0.3) is 0 Å². The Morgan fingerprint density at radius 2 is 2.00 bits per heavy atom. The highest BCUT2D eigenvalue weighted by Gasteiger charge is 2.03. The summed E-state index contributed by atoms with van der Waals surface area (Å²) >= 11 is 0. The van der Waals surface area contributed by atoms with Crippen LogP contribution in [0.2, 0.25) is 0 Å². The predicted octanol–water partition coefficient (Wildman–Crippen LogP) is 1.95. The first-order chi connectivity index (χ1) is 7.69. The largest absolute Gasteiger partial charge is 0.496 e. The maximum Gasteiger partial charge on any atom is 0.193 e. The quantitative estimate of drug-likeness (QED) is 0.515. The van der Waals surface area contributed by atoms with Crippen LogP contribution in [0, 0.1) is 0 Å². The second kappa shape index (κ2) is 8.16. The van der Waals surface area contributed by atoms with Gasteiger partial charge in [-0.15, -0.1) is 24.0 Å². The third-order valence-corrected chi connectivity index (χ3v) is 2.26. The van der Waals surface area contributed by atoms with E-state index in [-0.39, 0.29) is 24.0 Å². The van der Waals surface area contributed by atoms with Crippen molar-refractivity contribution < 1.29 is 4.74 Å². The number of nitrogens with one attached hydrogen (secondary N) is 1. The molecule has 0 unspecified atom stereocenters. The summed E-state index contributed by atoms with van der Waals surface area (Å²) in [6.07, 6.45) is 0. The molecule has 0 radical (unpaired) electrons. The van der Waals surface area contributed by atoms with Gasteiger partial charge in [-0.3, -0.25) is 4.99 Å². The molecule has 96 valence electrons. The minimum Gasteiger partial charge on any atom is -0.496 e. The van der Waals surface area contributed by atoms with Crippen molar-refractivity contribution in [2.24, 2.45) is 4.99 Å². The molecule has 1 aromatic carbocycles. The first-order valence-electron chi connectivity index (χ1n) is 5.19. The summed E-state index contributed by atoms with van der Waals surface area (Å²) < 4.78 is 5.28. The van der Waals surface area contributed by atoms with E-state index >= 15 is 0 Å². The smallest absolute Gasteiger partial charge is 0.193 e. The minimum atomic E-state index is 0. The molecule has 4 nitrogen and oxygen atoms in total. The molecule has 0 saturated heterocycles. The molecule has 0 heterocycles. The van der Waals surface area contributed by atoms with Crippen molar-refractivity contribution in [1.82, 2.24) is 10.2 Å². The number of guanidine groups is 1. The number of para-hydroxylation sites is 1. The molecular formula is C12H20IN3O. The number of hydrogen-bond acceptors (Lipinski definition) is 2. The molecule has 0 aliphatic heterocycles. The van der Waals surface area contributed by atoms with Crippen molar-refractivity contribution in [1.29, 1.82) is 0 Å². The van der Waals surface area contributed by atoms with E-state index in [1.54, 1.807) is 14.2 Å². The first kappa shape index (κ1) is 16.0. The van der Waals surface area contributed by atoms with E-state index in [4.69, 9.17) is 4.74 Å². The van der Waals surface area contributed by atoms with Gasteiger partial charge in [0.05, 0.1) is 7.11 Å². The van der Waals surface area contributed by atoms with Crippen LogP contribution in [0.1, 0.15) is 5.56 Å². The lowest BCUT2D eigenvalue weighted by Crippen LogP contribution is -2.35. The van der Waals surface area contributed by atoms with Gasteiger partial charge in [-0.05, 0) is 6.07 Å². The highest BCUT2D eigenvalue weighted by Crippen LogP contribution is 2.16. The molecule has 0 aromatic heterocycles. The molecule has 0 amide bonds. The second-order valence-electron chi connectivity index (χ2n) is 3.61. The van der Waals surface area contributed by atoms with E-state index in [0.717, 1.165) is 17.3 Å². The Morgan fingerprint density at radius 3 is 2.53 bits per heavy atom.